The second kappa shape index (κ2) is 9.01. The molecule has 0 saturated carbocycles. The van der Waals surface area contributed by atoms with Crippen molar-refractivity contribution in [1.29, 1.82) is 0 Å². The number of hydrogen-bond acceptors (Lipinski definition) is 5. The Hall–Kier alpha value is -3.24. The Bertz CT molecular complexity index is 1360. The van der Waals surface area contributed by atoms with Gasteiger partial charge in [-0.3, -0.25) is 4.79 Å². The van der Waals surface area contributed by atoms with Gasteiger partial charge in [-0.2, -0.15) is 13.2 Å². The molecule has 1 aliphatic carbocycles. The lowest BCUT2D eigenvalue weighted by Gasteiger charge is -2.35. The number of methoxy groups -OCH3 is 1. The molecule has 0 radical (unpaired) electrons. The Labute approximate surface area is 205 Å². The quantitative estimate of drug-likeness (QED) is 0.486. The Morgan fingerprint density at radius 3 is 2.72 bits per heavy atom. The number of ether oxygens (including phenoxy) is 2. The maximum Gasteiger partial charge on any atom is 0.416 e. The zero-order chi connectivity index (χ0) is 25.8. The zero-order valence-corrected chi connectivity index (χ0v) is 19.8. The third-order valence-electron chi connectivity index (χ3n) is 7.02. The van der Waals surface area contributed by atoms with Crippen LogP contribution in [-0.4, -0.2) is 35.5 Å². The van der Waals surface area contributed by atoms with E-state index in [1.54, 1.807) is 6.92 Å². The molecule has 2 aliphatic rings. The van der Waals surface area contributed by atoms with Crippen LogP contribution in [0.25, 0.3) is 10.9 Å². The number of benzene rings is 2. The van der Waals surface area contributed by atoms with Gasteiger partial charge >= 0.3 is 6.18 Å². The summed E-state index contributed by atoms with van der Waals surface area (Å²) in [7, 11) is 1.49. The van der Waals surface area contributed by atoms with Gasteiger partial charge in [0.15, 0.2) is 0 Å². The molecule has 1 aromatic heterocycles. The summed E-state index contributed by atoms with van der Waals surface area (Å²) < 4.78 is 65.8. The fourth-order valence-electron chi connectivity index (χ4n) is 5.33. The number of carbonyl (C=O) groups is 1. The second-order valence-electron chi connectivity index (χ2n) is 9.28. The maximum absolute atomic E-state index is 15.3. The van der Waals surface area contributed by atoms with Crippen LogP contribution >= 0.6 is 0 Å². The summed E-state index contributed by atoms with van der Waals surface area (Å²) in [6.45, 7) is 2.52. The second-order valence-corrected chi connectivity index (χ2v) is 9.28. The molecular weight excluding hydrogens is 478 g/mol. The van der Waals surface area contributed by atoms with E-state index < -0.39 is 35.5 Å². The summed E-state index contributed by atoms with van der Waals surface area (Å²) in [4.78, 5) is 19.7. The number of halogens is 4. The molecule has 1 amide bonds. The summed E-state index contributed by atoms with van der Waals surface area (Å²) >= 11 is 0. The predicted molar refractivity (Wildman–Crippen MR) is 125 cm³/mol. The van der Waals surface area contributed by atoms with E-state index in [1.807, 2.05) is 0 Å². The number of hydrogen-bond donors (Lipinski definition) is 1. The van der Waals surface area contributed by atoms with Crippen LogP contribution in [-0.2, 0) is 35.3 Å². The minimum absolute atomic E-state index is 0.147. The molecule has 2 atom stereocenters. The Kier molecular flexibility index (Phi) is 6.12. The van der Waals surface area contributed by atoms with Crippen molar-refractivity contribution in [3.05, 3.63) is 69.5 Å². The van der Waals surface area contributed by atoms with E-state index in [2.05, 4.69) is 4.98 Å². The number of rotatable bonds is 5. The van der Waals surface area contributed by atoms with Crippen molar-refractivity contribution < 1.29 is 31.8 Å². The average molecular weight is 503 g/mol. The molecule has 1 aliphatic heterocycles. The van der Waals surface area contributed by atoms with Gasteiger partial charge in [-0.15, -0.1) is 0 Å². The number of nitrogen functional groups attached to an aromatic ring is 1. The Balaban J connectivity index is 1.58. The Morgan fingerprint density at radius 1 is 1.25 bits per heavy atom. The fraction of sp³-hybridized carbons (Fsp3) is 0.385. The molecule has 36 heavy (non-hydrogen) atoms. The highest BCUT2D eigenvalue weighted by molar-refractivity contribution is 6.00. The summed E-state index contributed by atoms with van der Waals surface area (Å²) in [5.41, 5.74) is 8.11. The first-order chi connectivity index (χ1) is 17.1. The molecule has 0 fully saturated rings. The molecule has 5 rings (SSSR count). The summed E-state index contributed by atoms with van der Waals surface area (Å²) in [6, 6.07) is 5.26. The van der Waals surface area contributed by atoms with Crippen LogP contribution in [0.15, 0.2) is 30.3 Å². The number of anilines is 1. The van der Waals surface area contributed by atoms with Crippen molar-refractivity contribution in [3.8, 4) is 0 Å². The predicted octanol–water partition coefficient (Wildman–Crippen LogP) is 5.17. The molecule has 3 aromatic rings. The summed E-state index contributed by atoms with van der Waals surface area (Å²) in [6.07, 6.45) is -3.66. The minimum atomic E-state index is -4.46. The number of aryl methyl sites for hydroxylation is 1. The van der Waals surface area contributed by atoms with Crippen LogP contribution in [0.5, 0.6) is 0 Å². The van der Waals surface area contributed by atoms with E-state index in [-0.39, 0.29) is 24.6 Å². The van der Waals surface area contributed by atoms with Crippen molar-refractivity contribution in [3.63, 3.8) is 0 Å². The zero-order valence-electron chi connectivity index (χ0n) is 19.8. The fourth-order valence-corrected chi connectivity index (χ4v) is 5.33. The highest BCUT2D eigenvalue weighted by Crippen LogP contribution is 2.41. The first kappa shape index (κ1) is 24.5. The average Bonchev–Trinajstić information content (AvgIpc) is 3.46. The van der Waals surface area contributed by atoms with Crippen LogP contribution in [0.1, 0.15) is 57.6 Å². The molecule has 2 heterocycles. The van der Waals surface area contributed by atoms with Crippen LogP contribution in [0, 0.1) is 5.82 Å². The minimum Gasteiger partial charge on any atom is -0.383 e. The van der Waals surface area contributed by atoms with Gasteiger partial charge in [0.25, 0.3) is 5.91 Å². The monoisotopic (exact) mass is 503 g/mol. The van der Waals surface area contributed by atoms with Crippen LogP contribution < -0.4 is 5.73 Å². The number of pyridine rings is 1. The van der Waals surface area contributed by atoms with E-state index >= 15 is 4.39 Å². The number of fused-ring (bicyclic) bond motifs is 4. The number of amides is 1. The van der Waals surface area contributed by atoms with Crippen molar-refractivity contribution in [2.45, 2.75) is 51.2 Å². The normalized spacial score (nSPS) is 17.8. The number of nitrogens with zero attached hydrogens (tertiary/aromatic N) is 2. The van der Waals surface area contributed by atoms with Gasteiger partial charge in [0.1, 0.15) is 11.6 Å². The largest absolute Gasteiger partial charge is 0.416 e. The molecule has 6 nitrogen and oxygen atoms in total. The van der Waals surface area contributed by atoms with Crippen molar-refractivity contribution in [1.82, 2.24) is 9.88 Å². The number of alkyl halides is 3. The van der Waals surface area contributed by atoms with Crippen molar-refractivity contribution in [2.75, 3.05) is 19.5 Å². The molecule has 0 spiro atoms. The van der Waals surface area contributed by atoms with Crippen molar-refractivity contribution in [2.24, 2.45) is 0 Å². The molecule has 0 saturated heterocycles. The van der Waals surface area contributed by atoms with E-state index in [9.17, 15) is 18.0 Å². The lowest BCUT2D eigenvalue weighted by molar-refractivity contribution is -0.137. The lowest BCUT2D eigenvalue weighted by Crippen LogP contribution is -2.43. The third kappa shape index (κ3) is 4.08. The van der Waals surface area contributed by atoms with Crippen molar-refractivity contribution >= 4 is 22.6 Å². The molecule has 190 valence electrons. The van der Waals surface area contributed by atoms with E-state index in [4.69, 9.17) is 15.2 Å². The molecule has 0 bridgehead atoms. The van der Waals surface area contributed by atoms with Gasteiger partial charge in [-0.1, -0.05) is 6.07 Å². The summed E-state index contributed by atoms with van der Waals surface area (Å²) in [5, 5.41) is 0.586. The third-order valence-corrected chi connectivity index (χ3v) is 7.02. The van der Waals surface area contributed by atoms with Gasteiger partial charge in [0.05, 0.1) is 48.5 Å². The molecule has 10 heteroatoms. The summed E-state index contributed by atoms with van der Waals surface area (Å²) in [5.74, 6) is -1.05. The van der Waals surface area contributed by atoms with Crippen LogP contribution in [0.3, 0.4) is 0 Å². The molecule has 0 unspecified atom stereocenters. The topological polar surface area (TPSA) is 77.7 Å². The van der Waals surface area contributed by atoms with Crippen LogP contribution in [0.4, 0.5) is 23.4 Å². The highest BCUT2D eigenvalue weighted by atomic mass is 19.4. The number of aromatic nitrogens is 1. The number of carbonyl (C=O) groups excluding carboxylic acids is 1. The highest BCUT2D eigenvalue weighted by Gasteiger charge is 2.38. The van der Waals surface area contributed by atoms with Gasteiger partial charge < -0.3 is 20.1 Å². The Morgan fingerprint density at radius 2 is 2.00 bits per heavy atom. The van der Waals surface area contributed by atoms with E-state index in [0.717, 1.165) is 23.3 Å². The maximum atomic E-state index is 15.3. The van der Waals surface area contributed by atoms with E-state index in [0.29, 0.717) is 41.5 Å². The standard InChI is InChI=1S/C26H25F4N3O3/c1-13(10-35-2)33(23-6-3-14-7-15(26(28,29)30)4-5-16(14)23)25(34)18-8-17-19-11-36-12-20(19)24(31)32-22(17)9-21(18)27/h4-5,7-9,13,23H,3,6,10-12H2,1-2H3,(H2,31,32)/t13-,23-/m1/s1. The number of nitrogens with two attached hydrogens (primary N) is 1. The SMILES string of the molecule is COC[C@@H](C)N(C(=O)c1cc2c3c(c(N)nc2cc1F)COC3)[C@@H]1CCc2cc(C(F)(F)F)ccc21. The van der Waals surface area contributed by atoms with Gasteiger partial charge in [0, 0.05) is 24.1 Å². The smallest absolute Gasteiger partial charge is 0.383 e. The molecule has 2 N–H and O–H groups in total. The molecular formula is C26H25F4N3O3. The van der Waals surface area contributed by atoms with Crippen LogP contribution in [0.2, 0.25) is 0 Å². The lowest BCUT2D eigenvalue weighted by atomic mass is 9.99. The van der Waals surface area contributed by atoms with Gasteiger partial charge in [-0.25, -0.2) is 9.37 Å². The first-order valence-corrected chi connectivity index (χ1v) is 11.6. The van der Waals surface area contributed by atoms with Gasteiger partial charge in [0.2, 0.25) is 0 Å². The van der Waals surface area contributed by atoms with Gasteiger partial charge in [-0.05, 0) is 54.7 Å². The molecule has 2 aromatic carbocycles. The van der Waals surface area contributed by atoms with E-state index in [1.165, 1.54) is 30.2 Å². The first-order valence-electron chi connectivity index (χ1n) is 11.6.